The lowest BCUT2D eigenvalue weighted by Gasteiger charge is -2.06. The van der Waals surface area contributed by atoms with Crippen LogP contribution in [0.1, 0.15) is 22.3 Å². The van der Waals surface area contributed by atoms with Crippen LogP contribution in [0.5, 0.6) is 17.2 Å². The second kappa shape index (κ2) is 8.32. The van der Waals surface area contributed by atoms with E-state index in [-0.39, 0.29) is 0 Å². The molecule has 0 aromatic heterocycles. The summed E-state index contributed by atoms with van der Waals surface area (Å²) in [6.45, 7) is 8.62. The zero-order valence-electron chi connectivity index (χ0n) is 14.6. The first-order valence-corrected chi connectivity index (χ1v) is 7.22. The Bertz CT molecular complexity index is 513. The van der Waals surface area contributed by atoms with E-state index in [0.29, 0.717) is 0 Å². The fourth-order valence-corrected chi connectivity index (χ4v) is 2.00. The van der Waals surface area contributed by atoms with Gasteiger partial charge in [-0.05, 0) is 49.9 Å². The highest BCUT2D eigenvalue weighted by Gasteiger charge is 2.00. The van der Waals surface area contributed by atoms with Crippen molar-refractivity contribution in [2.75, 3.05) is 21.3 Å². The third-order valence-electron chi connectivity index (χ3n) is 3.67. The Morgan fingerprint density at radius 1 is 0.455 bits per heavy atom. The van der Waals surface area contributed by atoms with Crippen LogP contribution in [0.4, 0.5) is 0 Å². The molecule has 0 aliphatic rings. The first-order chi connectivity index (χ1) is 10.4. The maximum Gasteiger partial charge on any atom is 0.126 e. The molecule has 0 spiro atoms. The molecule has 0 aliphatic heterocycles. The molecule has 0 N–H and O–H groups in total. The monoisotopic (exact) mass is 302 g/mol. The van der Waals surface area contributed by atoms with Crippen LogP contribution in [-0.4, -0.2) is 21.3 Å². The summed E-state index contributed by atoms with van der Waals surface area (Å²) in [6.07, 6.45) is 0. The van der Waals surface area contributed by atoms with Crippen molar-refractivity contribution < 1.29 is 14.2 Å². The van der Waals surface area contributed by atoms with E-state index >= 15 is 0 Å². The van der Waals surface area contributed by atoms with Crippen molar-refractivity contribution in [3.05, 3.63) is 52.6 Å². The van der Waals surface area contributed by atoms with E-state index in [2.05, 4.69) is 39.8 Å². The van der Waals surface area contributed by atoms with E-state index in [1.165, 1.54) is 22.3 Å². The zero-order chi connectivity index (χ0) is 16.7. The zero-order valence-corrected chi connectivity index (χ0v) is 14.6. The highest BCUT2D eigenvalue weighted by atomic mass is 16.5. The third kappa shape index (κ3) is 4.99. The van der Waals surface area contributed by atoms with Crippen molar-refractivity contribution in [3.63, 3.8) is 0 Å². The van der Waals surface area contributed by atoms with Crippen LogP contribution < -0.4 is 14.2 Å². The summed E-state index contributed by atoms with van der Waals surface area (Å²) >= 11 is 0. The minimum atomic E-state index is 0.728. The number of hydrogen-bond donors (Lipinski definition) is 0. The Hall–Kier alpha value is -2.16. The van der Waals surface area contributed by atoms with Crippen LogP contribution in [0.3, 0.4) is 0 Å². The molecule has 3 heteroatoms. The summed E-state index contributed by atoms with van der Waals surface area (Å²) in [4.78, 5) is 0. The van der Waals surface area contributed by atoms with E-state index < -0.39 is 0 Å². The van der Waals surface area contributed by atoms with E-state index in [1.54, 1.807) is 39.5 Å². The predicted molar refractivity (Wildman–Crippen MR) is 91.5 cm³/mol. The molecular formula is C19H26O3. The Labute approximate surface area is 133 Å². The highest BCUT2D eigenvalue weighted by Crippen LogP contribution is 2.26. The lowest BCUT2D eigenvalue weighted by molar-refractivity contribution is 0.375. The molecule has 0 bridgehead atoms. The lowest BCUT2D eigenvalue weighted by Crippen LogP contribution is -1.89. The van der Waals surface area contributed by atoms with Crippen molar-refractivity contribution >= 4 is 0 Å². The van der Waals surface area contributed by atoms with Gasteiger partial charge < -0.3 is 14.2 Å². The van der Waals surface area contributed by atoms with Crippen molar-refractivity contribution in [3.8, 4) is 17.2 Å². The van der Waals surface area contributed by atoms with Crippen LogP contribution in [0.15, 0.2) is 30.3 Å². The van der Waals surface area contributed by atoms with Crippen molar-refractivity contribution in [2.45, 2.75) is 27.7 Å². The van der Waals surface area contributed by atoms with Crippen LogP contribution in [0, 0.1) is 27.7 Å². The van der Waals surface area contributed by atoms with E-state index in [9.17, 15) is 0 Å². The highest BCUT2D eigenvalue weighted by molar-refractivity contribution is 5.41. The molecule has 0 amide bonds. The fraction of sp³-hybridized carbons (Fsp3) is 0.368. The molecule has 0 unspecified atom stereocenters. The van der Waals surface area contributed by atoms with Crippen LogP contribution >= 0.6 is 0 Å². The van der Waals surface area contributed by atoms with Crippen LogP contribution in [0.2, 0.25) is 0 Å². The van der Waals surface area contributed by atoms with Crippen molar-refractivity contribution in [2.24, 2.45) is 0 Å². The van der Waals surface area contributed by atoms with Crippen molar-refractivity contribution in [1.82, 2.24) is 0 Å². The van der Waals surface area contributed by atoms with Crippen LogP contribution in [-0.2, 0) is 0 Å². The summed E-state index contributed by atoms with van der Waals surface area (Å²) in [5.74, 6) is 2.18. The topological polar surface area (TPSA) is 27.7 Å². The third-order valence-corrected chi connectivity index (χ3v) is 3.67. The maximum atomic E-state index is 5.04. The van der Waals surface area contributed by atoms with E-state index in [0.717, 1.165) is 17.2 Å². The molecule has 22 heavy (non-hydrogen) atoms. The van der Waals surface area contributed by atoms with Gasteiger partial charge in [0.05, 0.1) is 21.3 Å². The second-order valence-electron chi connectivity index (χ2n) is 5.27. The summed E-state index contributed by atoms with van der Waals surface area (Å²) in [6, 6.07) is 9.86. The van der Waals surface area contributed by atoms with E-state index in [1.807, 2.05) is 0 Å². The first-order valence-electron chi connectivity index (χ1n) is 7.22. The average molecular weight is 302 g/mol. The number of rotatable bonds is 3. The molecular weight excluding hydrogens is 276 g/mol. The van der Waals surface area contributed by atoms with Gasteiger partial charge in [0.15, 0.2) is 0 Å². The number of methoxy groups -OCH3 is 3. The molecule has 0 atom stereocenters. The van der Waals surface area contributed by atoms with Gasteiger partial charge >= 0.3 is 0 Å². The smallest absolute Gasteiger partial charge is 0.126 e. The molecule has 0 saturated carbocycles. The Balaban J connectivity index is 0.000000224. The predicted octanol–water partition coefficient (Wildman–Crippen LogP) is 4.63. The van der Waals surface area contributed by atoms with Gasteiger partial charge in [0.2, 0.25) is 0 Å². The van der Waals surface area contributed by atoms with Gasteiger partial charge in [-0.1, -0.05) is 12.1 Å². The van der Waals surface area contributed by atoms with Gasteiger partial charge in [-0.3, -0.25) is 0 Å². The lowest BCUT2D eigenvalue weighted by atomic mass is 10.0. The number of aryl methyl sites for hydroxylation is 4. The van der Waals surface area contributed by atoms with Gasteiger partial charge in [-0.15, -0.1) is 0 Å². The summed E-state index contributed by atoms with van der Waals surface area (Å²) in [5.41, 5.74) is 5.57. The van der Waals surface area contributed by atoms with E-state index in [4.69, 9.17) is 14.2 Å². The summed E-state index contributed by atoms with van der Waals surface area (Å²) in [5, 5.41) is 0. The largest absolute Gasteiger partial charge is 0.496 e. The Morgan fingerprint density at radius 2 is 0.682 bits per heavy atom. The number of hydrogen-bond acceptors (Lipinski definition) is 3. The molecule has 0 fully saturated rings. The standard InChI is InChI=1S/C10H14.C9H12O3/c1-7-5-9(3)10(4)6-8(7)2;1-10-7-4-8(11-2)6-9(5-7)12-3/h5-6H,1-4H3;4-6H,1-3H3. The van der Waals surface area contributed by atoms with Gasteiger partial charge in [0, 0.05) is 18.2 Å². The van der Waals surface area contributed by atoms with Gasteiger partial charge in [-0.25, -0.2) is 0 Å². The number of benzene rings is 2. The quantitative estimate of drug-likeness (QED) is 0.827. The van der Waals surface area contributed by atoms with Gasteiger partial charge in [-0.2, -0.15) is 0 Å². The molecule has 120 valence electrons. The SMILES string of the molecule is COc1cc(OC)cc(OC)c1.Cc1cc(C)c(C)cc1C. The Kier molecular flexibility index (Phi) is 6.77. The molecule has 2 rings (SSSR count). The van der Waals surface area contributed by atoms with Gasteiger partial charge in [0.1, 0.15) is 17.2 Å². The summed E-state index contributed by atoms with van der Waals surface area (Å²) in [7, 11) is 4.82. The molecule has 2 aromatic rings. The molecule has 0 radical (unpaired) electrons. The molecule has 3 nitrogen and oxygen atoms in total. The van der Waals surface area contributed by atoms with Gasteiger partial charge in [0.25, 0.3) is 0 Å². The average Bonchev–Trinajstić information content (AvgIpc) is 2.53. The molecule has 2 aromatic carbocycles. The first kappa shape index (κ1) is 17.9. The fourth-order valence-electron chi connectivity index (χ4n) is 2.00. The Morgan fingerprint density at radius 3 is 0.864 bits per heavy atom. The maximum absolute atomic E-state index is 5.04. The molecule has 0 heterocycles. The minimum absolute atomic E-state index is 0.728. The number of ether oxygens (including phenoxy) is 3. The second-order valence-corrected chi connectivity index (χ2v) is 5.27. The molecule has 0 saturated heterocycles. The van der Waals surface area contributed by atoms with Crippen molar-refractivity contribution in [1.29, 1.82) is 0 Å². The minimum Gasteiger partial charge on any atom is -0.496 e. The summed E-state index contributed by atoms with van der Waals surface area (Å²) < 4.78 is 15.1. The molecule has 0 aliphatic carbocycles. The normalized spacial score (nSPS) is 9.59. The van der Waals surface area contributed by atoms with Crippen LogP contribution in [0.25, 0.3) is 0 Å².